The van der Waals surface area contributed by atoms with Crippen LogP contribution in [0.2, 0.25) is 0 Å². The Labute approximate surface area is 163 Å². The highest BCUT2D eigenvalue weighted by Crippen LogP contribution is 2.32. The predicted octanol–water partition coefficient (Wildman–Crippen LogP) is 3.94. The molecule has 0 N–H and O–H groups in total. The highest BCUT2D eigenvalue weighted by Gasteiger charge is 2.34. The molecule has 0 radical (unpaired) electrons. The smallest absolute Gasteiger partial charge is 0.292 e. The van der Waals surface area contributed by atoms with Crippen LogP contribution in [0.1, 0.15) is 58.8 Å². The van der Waals surface area contributed by atoms with Gasteiger partial charge in [-0.05, 0) is 43.9 Å². The Hall–Kier alpha value is -3.09. The number of ether oxygens (including phenoxy) is 1. The zero-order valence-corrected chi connectivity index (χ0v) is 16.1. The molecule has 1 aromatic carbocycles. The fourth-order valence-corrected chi connectivity index (χ4v) is 3.61. The summed E-state index contributed by atoms with van der Waals surface area (Å²) in [7, 11) is 1.65. The summed E-state index contributed by atoms with van der Waals surface area (Å²) in [5, 5.41) is 0. The van der Waals surface area contributed by atoms with Crippen LogP contribution in [0.4, 0.5) is 0 Å². The normalized spacial score (nSPS) is 16.9. The van der Waals surface area contributed by atoms with Crippen LogP contribution in [-0.2, 0) is 6.42 Å². The number of carbonyl (C=O) groups is 1. The third-order valence-electron chi connectivity index (χ3n) is 5.07. The molecule has 7 heteroatoms. The highest BCUT2D eigenvalue weighted by molar-refractivity contribution is 5.92. The second-order valence-electron chi connectivity index (χ2n) is 6.97. The van der Waals surface area contributed by atoms with Gasteiger partial charge in [0, 0.05) is 13.0 Å². The predicted molar refractivity (Wildman–Crippen MR) is 101 cm³/mol. The van der Waals surface area contributed by atoms with Crippen molar-refractivity contribution < 1.29 is 18.4 Å². The zero-order valence-electron chi connectivity index (χ0n) is 16.1. The molecule has 1 amide bonds. The van der Waals surface area contributed by atoms with Gasteiger partial charge in [-0.1, -0.05) is 12.1 Å². The highest BCUT2D eigenvalue weighted by atomic mass is 16.5. The fourth-order valence-electron chi connectivity index (χ4n) is 3.61. The van der Waals surface area contributed by atoms with Gasteiger partial charge < -0.3 is 18.5 Å². The number of aromatic nitrogens is 2. The largest absolute Gasteiger partial charge is 0.497 e. The van der Waals surface area contributed by atoms with Crippen molar-refractivity contribution in [3.63, 3.8) is 0 Å². The minimum Gasteiger partial charge on any atom is -0.497 e. The SMILES string of the molecule is COc1cccc(Cc2cnc(C3CCCCN3C(=O)c3ocnc3C)o2)c1. The molecule has 0 bridgehead atoms. The first-order valence-electron chi connectivity index (χ1n) is 9.44. The van der Waals surface area contributed by atoms with E-state index >= 15 is 0 Å². The average Bonchev–Trinajstić information content (AvgIpc) is 3.36. The van der Waals surface area contributed by atoms with Gasteiger partial charge in [0.05, 0.1) is 19.0 Å². The van der Waals surface area contributed by atoms with Crippen LogP contribution < -0.4 is 4.74 Å². The molecule has 2 aromatic heterocycles. The minimum atomic E-state index is -0.190. The van der Waals surface area contributed by atoms with Crippen molar-refractivity contribution in [3.05, 3.63) is 65.5 Å². The molecule has 28 heavy (non-hydrogen) atoms. The van der Waals surface area contributed by atoms with Crippen LogP contribution in [0.25, 0.3) is 0 Å². The molecule has 0 aliphatic carbocycles. The number of carbonyl (C=O) groups excluding carboxylic acids is 1. The number of nitrogens with zero attached hydrogens (tertiary/aromatic N) is 3. The van der Waals surface area contributed by atoms with Crippen LogP contribution >= 0.6 is 0 Å². The number of oxazole rings is 2. The number of aryl methyl sites for hydroxylation is 1. The zero-order chi connectivity index (χ0) is 19.5. The molecule has 1 aliphatic heterocycles. The van der Waals surface area contributed by atoms with Gasteiger partial charge in [0.2, 0.25) is 11.7 Å². The van der Waals surface area contributed by atoms with E-state index in [0.29, 0.717) is 24.6 Å². The molecular weight excluding hydrogens is 358 g/mol. The molecule has 1 unspecified atom stereocenters. The third kappa shape index (κ3) is 3.65. The Morgan fingerprint density at radius 1 is 1.32 bits per heavy atom. The average molecular weight is 381 g/mol. The van der Waals surface area contributed by atoms with E-state index in [9.17, 15) is 4.79 Å². The van der Waals surface area contributed by atoms with Gasteiger partial charge in [-0.2, -0.15) is 0 Å². The lowest BCUT2D eigenvalue weighted by atomic mass is 10.0. The minimum absolute atomic E-state index is 0.160. The number of methoxy groups -OCH3 is 1. The van der Waals surface area contributed by atoms with Crippen LogP contribution in [-0.4, -0.2) is 34.4 Å². The van der Waals surface area contributed by atoms with Gasteiger partial charge in [0.25, 0.3) is 5.91 Å². The van der Waals surface area contributed by atoms with E-state index in [0.717, 1.165) is 36.3 Å². The second kappa shape index (κ2) is 7.88. The maximum atomic E-state index is 12.9. The van der Waals surface area contributed by atoms with E-state index in [4.69, 9.17) is 13.6 Å². The van der Waals surface area contributed by atoms with Gasteiger partial charge in [0.15, 0.2) is 6.39 Å². The lowest BCUT2D eigenvalue weighted by Crippen LogP contribution is -2.38. The van der Waals surface area contributed by atoms with Crippen molar-refractivity contribution in [2.45, 2.75) is 38.6 Å². The second-order valence-corrected chi connectivity index (χ2v) is 6.97. The Bertz CT molecular complexity index is 962. The Morgan fingerprint density at radius 3 is 3.00 bits per heavy atom. The van der Waals surface area contributed by atoms with Gasteiger partial charge in [-0.25, -0.2) is 9.97 Å². The van der Waals surface area contributed by atoms with E-state index in [1.807, 2.05) is 24.3 Å². The van der Waals surface area contributed by atoms with Crippen molar-refractivity contribution >= 4 is 5.91 Å². The summed E-state index contributed by atoms with van der Waals surface area (Å²) >= 11 is 0. The molecule has 4 rings (SSSR count). The van der Waals surface area contributed by atoms with Crippen molar-refractivity contribution in [2.75, 3.05) is 13.7 Å². The number of hydrogen-bond donors (Lipinski definition) is 0. The fraction of sp³-hybridized carbons (Fsp3) is 0.381. The summed E-state index contributed by atoms with van der Waals surface area (Å²) in [4.78, 5) is 23.2. The first kappa shape index (κ1) is 18.3. The molecule has 1 fully saturated rings. The Kier molecular flexibility index (Phi) is 5.14. The van der Waals surface area contributed by atoms with E-state index < -0.39 is 0 Å². The lowest BCUT2D eigenvalue weighted by Gasteiger charge is -2.33. The van der Waals surface area contributed by atoms with Crippen LogP contribution in [0.15, 0.2) is 45.7 Å². The van der Waals surface area contributed by atoms with E-state index in [2.05, 4.69) is 9.97 Å². The van der Waals surface area contributed by atoms with Crippen molar-refractivity contribution in [2.24, 2.45) is 0 Å². The summed E-state index contributed by atoms with van der Waals surface area (Å²) in [6.45, 7) is 2.42. The number of amides is 1. The number of rotatable bonds is 5. The lowest BCUT2D eigenvalue weighted by molar-refractivity contribution is 0.0537. The molecule has 3 aromatic rings. The van der Waals surface area contributed by atoms with Gasteiger partial charge in [-0.15, -0.1) is 0 Å². The maximum Gasteiger partial charge on any atom is 0.292 e. The molecule has 0 saturated carbocycles. The quantitative estimate of drug-likeness (QED) is 0.666. The first-order valence-corrected chi connectivity index (χ1v) is 9.44. The molecule has 3 heterocycles. The molecular formula is C21H23N3O4. The standard InChI is InChI=1S/C21H23N3O4/c1-14-19(27-13-23-14)21(25)24-9-4-3-8-18(24)20-22-12-17(28-20)11-15-6-5-7-16(10-15)26-2/h5-7,10,12-13,18H,3-4,8-9,11H2,1-2H3. The summed E-state index contributed by atoms with van der Waals surface area (Å²) < 4.78 is 16.6. The molecule has 1 saturated heterocycles. The third-order valence-corrected chi connectivity index (χ3v) is 5.07. The van der Waals surface area contributed by atoms with Crippen molar-refractivity contribution in [1.29, 1.82) is 0 Å². The number of likely N-dealkylation sites (tertiary alicyclic amines) is 1. The summed E-state index contributed by atoms with van der Waals surface area (Å²) in [5.74, 6) is 2.27. The van der Waals surface area contributed by atoms with Gasteiger partial charge in [-0.3, -0.25) is 4.79 Å². The van der Waals surface area contributed by atoms with Gasteiger partial charge >= 0.3 is 0 Å². The molecule has 1 atom stereocenters. The van der Waals surface area contributed by atoms with Crippen LogP contribution in [0.5, 0.6) is 5.75 Å². The number of piperidine rings is 1. The topological polar surface area (TPSA) is 81.6 Å². The first-order chi connectivity index (χ1) is 13.7. The van der Waals surface area contributed by atoms with Crippen molar-refractivity contribution in [3.8, 4) is 5.75 Å². The summed E-state index contributed by atoms with van der Waals surface area (Å²) in [6.07, 6.45) is 6.46. The van der Waals surface area contributed by atoms with Gasteiger partial charge in [0.1, 0.15) is 17.6 Å². The van der Waals surface area contributed by atoms with Crippen LogP contribution in [0.3, 0.4) is 0 Å². The number of benzene rings is 1. The summed E-state index contributed by atoms with van der Waals surface area (Å²) in [6, 6.07) is 7.67. The molecule has 0 spiro atoms. The summed E-state index contributed by atoms with van der Waals surface area (Å²) in [5.41, 5.74) is 1.68. The molecule has 7 nitrogen and oxygen atoms in total. The van der Waals surface area contributed by atoms with E-state index in [-0.39, 0.29) is 17.7 Å². The Balaban J connectivity index is 1.54. The van der Waals surface area contributed by atoms with Crippen LogP contribution in [0, 0.1) is 6.92 Å². The maximum absolute atomic E-state index is 12.9. The van der Waals surface area contributed by atoms with Crippen molar-refractivity contribution in [1.82, 2.24) is 14.9 Å². The monoisotopic (exact) mass is 381 g/mol. The van der Waals surface area contributed by atoms with E-state index in [1.54, 1.807) is 25.1 Å². The molecule has 146 valence electrons. The molecule has 1 aliphatic rings. The Morgan fingerprint density at radius 2 is 2.21 bits per heavy atom. The van der Waals surface area contributed by atoms with E-state index in [1.165, 1.54) is 6.39 Å². The number of hydrogen-bond acceptors (Lipinski definition) is 6.